The predicted molar refractivity (Wildman–Crippen MR) is 93.5 cm³/mol. The number of thiazole rings is 1. The minimum absolute atomic E-state index is 0.00450. The molecule has 1 aliphatic heterocycles. The lowest BCUT2D eigenvalue weighted by Gasteiger charge is -2.36. The van der Waals surface area contributed by atoms with Crippen LogP contribution in [0.1, 0.15) is 0 Å². The van der Waals surface area contributed by atoms with Crippen molar-refractivity contribution in [2.24, 2.45) is 7.05 Å². The van der Waals surface area contributed by atoms with Crippen molar-refractivity contribution < 1.29 is 0 Å². The Balaban J connectivity index is 1.56. The van der Waals surface area contributed by atoms with Crippen LogP contribution in [0, 0.1) is 0 Å². The molecule has 3 heterocycles. The van der Waals surface area contributed by atoms with Crippen LogP contribution in [0.2, 0.25) is 0 Å². The molecule has 0 unspecified atom stereocenters. The summed E-state index contributed by atoms with van der Waals surface area (Å²) < 4.78 is 1.51. The first-order valence-corrected chi connectivity index (χ1v) is 8.45. The van der Waals surface area contributed by atoms with Crippen LogP contribution in [0.3, 0.4) is 0 Å². The lowest BCUT2D eigenvalue weighted by molar-refractivity contribution is 0.652. The number of piperazine rings is 1. The third kappa shape index (κ3) is 2.57. The number of benzene rings is 1. The van der Waals surface area contributed by atoms with E-state index < -0.39 is 0 Å². The van der Waals surface area contributed by atoms with Crippen LogP contribution in [0.5, 0.6) is 0 Å². The van der Waals surface area contributed by atoms with Gasteiger partial charge in [-0.05, 0) is 18.2 Å². The van der Waals surface area contributed by atoms with Gasteiger partial charge in [-0.2, -0.15) is 0 Å². The van der Waals surface area contributed by atoms with Crippen LogP contribution in [0.4, 0.5) is 10.8 Å². The number of hydrogen-bond donors (Lipinski definition) is 0. The summed E-state index contributed by atoms with van der Waals surface area (Å²) in [6, 6.07) is 5.91. The summed E-state index contributed by atoms with van der Waals surface area (Å²) in [6.07, 6.45) is 3.43. The van der Waals surface area contributed by atoms with Gasteiger partial charge in [-0.25, -0.2) is 9.97 Å². The van der Waals surface area contributed by atoms with E-state index in [9.17, 15) is 4.79 Å². The molecule has 1 fully saturated rings. The van der Waals surface area contributed by atoms with Crippen molar-refractivity contribution in [2.45, 2.75) is 0 Å². The number of aryl methyl sites for hydroxylation is 1. The van der Waals surface area contributed by atoms with E-state index in [2.05, 4.69) is 19.8 Å². The first kappa shape index (κ1) is 14.2. The van der Waals surface area contributed by atoms with Crippen LogP contribution in [0.25, 0.3) is 10.9 Å². The summed E-state index contributed by atoms with van der Waals surface area (Å²) in [5.41, 5.74) is 1.88. The molecule has 7 heteroatoms. The van der Waals surface area contributed by atoms with E-state index in [1.807, 2.05) is 29.8 Å². The first-order chi connectivity index (χ1) is 11.2. The SMILES string of the molecule is Cn1cnc2cc(N3CCN(c4nccs4)CC3)ccc2c1=O. The van der Waals surface area contributed by atoms with Crippen molar-refractivity contribution in [3.05, 3.63) is 46.5 Å². The van der Waals surface area contributed by atoms with Gasteiger partial charge in [0.2, 0.25) is 0 Å². The van der Waals surface area contributed by atoms with E-state index in [-0.39, 0.29) is 5.56 Å². The molecule has 118 valence electrons. The van der Waals surface area contributed by atoms with Crippen molar-refractivity contribution >= 4 is 33.1 Å². The summed E-state index contributed by atoms with van der Waals surface area (Å²) in [7, 11) is 1.72. The number of nitrogens with zero attached hydrogens (tertiary/aromatic N) is 5. The molecule has 0 radical (unpaired) electrons. The van der Waals surface area contributed by atoms with Crippen LogP contribution >= 0.6 is 11.3 Å². The fourth-order valence-corrected chi connectivity index (χ4v) is 3.62. The van der Waals surface area contributed by atoms with E-state index >= 15 is 0 Å². The van der Waals surface area contributed by atoms with Crippen LogP contribution < -0.4 is 15.4 Å². The fourth-order valence-electron chi connectivity index (χ4n) is 2.92. The van der Waals surface area contributed by atoms with Gasteiger partial charge in [-0.3, -0.25) is 4.79 Å². The Bertz CT molecular complexity index is 881. The molecule has 0 atom stereocenters. The van der Waals surface area contributed by atoms with Crippen LogP contribution in [0.15, 0.2) is 40.9 Å². The molecule has 1 aliphatic rings. The number of anilines is 2. The molecule has 1 aromatic carbocycles. The monoisotopic (exact) mass is 327 g/mol. The van der Waals surface area contributed by atoms with Gasteiger partial charge in [0.1, 0.15) is 0 Å². The molecule has 0 bridgehead atoms. The maximum atomic E-state index is 12.1. The molecule has 6 nitrogen and oxygen atoms in total. The molecular weight excluding hydrogens is 310 g/mol. The summed E-state index contributed by atoms with van der Waals surface area (Å²) in [5.74, 6) is 0. The highest BCUT2D eigenvalue weighted by Gasteiger charge is 2.19. The van der Waals surface area contributed by atoms with Crippen molar-refractivity contribution in [1.82, 2.24) is 14.5 Å². The van der Waals surface area contributed by atoms with Gasteiger partial charge < -0.3 is 14.4 Å². The third-order valence-electron chi connectivity index (χ3n) is 4.24. The van der Waals surface area contributed by atoms with Crippen molar-refractivity contribution in [3.8, 4) is 0 Å². The van der Waals surface area contributed by atoms with E-state index in [0.29, 0.717) is 5.39 Å². The number of hydrogen-bond acceptors (Lipinski definition) is 6. The minimum Gasteiger partial charge on any atom is -0.368 e. The Morgan fingerprint density at radius 2 is 1.87 bits per heavy atom. The molecule has 1 saturated heterocycles. The van der Waals surface area contributed by atoms with E-state index in [4.69, 9.17) is 0 Å². The van der Waals surface area contributed by atoms with Gasteiger partial charge >= 0.3 is 0 Å². The smallest absolute Gasteiger partial charge is 0.260 e. The first-order valence-electron chi connectivity index (χ1n) is 7.57. The standard InChI is InChI=1S/C16H17N5OS/c1-19-11-18-14-10-12(2-3-13(14)15(19)22)20-5-7-21(8-6-20)16-17-4-9-23-16/h2-4,9-11H,5-8H2,1H3. The number of fused-ring (bicyclic) bond motifs is 1. The molecule has 0 spiro atoms. The summed E-state index contributed by atoms with van der Waals surface area (Å²) in [5, 5.41) is 3.77. The zero-order chi connectivity index (χ0) is 15.8. The molecule has 23 heavy (non-hydrogen) atoms. The fraction of sp³-hybridized carbons (Fsp3) is 0.312. The zero-order valence-electron chi connectivity index (χ0n) is 12.8. The zero-order valence-corrected chi connectivity index (χ0v) is 13.7. The maximum absolute atomic E-state index is 12.1. The molecule has 0 aliphatic carbocycles. The Morgan fingerprint density at radius 1 is 1.09 bits per heavy atom. The third-order valence-corrected chi connectivity index (χ3v) is 5.07. The second kappa shape index (κ2) is 5.66. The normalized spacial score (nSPS) is 15.3. The molecular formula is C16H17N5OS. The van der Waals surface area contributed by atoms with Crippen molar-refractivity contribution in [1.29, 1.82) is 0 Å². The summed E-state index contributed by atoms with van der Waals surface area (Å²) in [4.78, 5) is 25.5. The molecule has 0 N–H and O–H groups in total. The molecule has 4 rings (SSSR count). The molecule has 2 aromatic heterocycles. The lowest BCUT2D eigenvalue weighted by atomic mass is 10.2. The van der Waals surface area contributed by atoms with Crippen molar-refractivity contribution in [3.63, 3.8) is 0 Å². The van der Waals surface area contributed by atoms with Crippen molar-refractivity contribution in [2.75, 3.05) is 36.0 Å². The Morgan fingerprint density at radius 3 is 2.61 bits per heavy atom. The van der Waals surface area contributed by atoms with Crippen LogP contribution in [-0.2, 0) is 7.05 Å². The average Bonchev–Trinajstić information content (AvgIpc) is 3.13. The second-order valence-corrected chi connectivity index (χ2v) is 6.52. The lowest BCUT2D eigenvalue weighted by Crippen LogP contribution is -2.46. The topological polar surface area (TPSA) is 54.3 Å². The molecule has 0 amide bonds. The van der Waals surface area contributed by atoms with Gasteiger partial charge in [0.25, 0.3) is 5.56 Å². The molecule has 0 saturated carbocycles. The largest absolute Gasteiger partial charge is 0.368 e. The van der Waals surface area contributed by atoms with Gasteiger partial charge in [-0.15, -0.1) is 11.3 Å². The van der Waals surface area contributed by atoms with Crippen LogP contribution in [-0.4, -0.2) is 40.7 Å². The maximum Gasteiger partial charge on any atom is 0.260 e. The highest BCUT2D eigenvalue weighted by atomic mass is 32.1. The van der Waals surface area contributed by atoms with Gasteiger partial charge in [0.05, 0.1) is 17.2 Å². The summed E-state index contributed by atoms with van der Waals surface area (Å²) in [6.45, 7) is 3.79. The highest BCUT2D eigenvalue weighted by molar-refractivity contribution is 7.13. The van der Waals surface area contributed by atoms with E-state index in [1.54, 1.807) is 24.7 Å². The minimum atomic E-state index is -0.00450. The van der Waals surface area contributed by atoms with Gasteiger partial charge in [0, 0.05) is 50.5 Å². The van der Waals surface area contributed by atoms with E-state index in [0.717, 1.165) is 42.5 Å². The quantitative estimate of drug-likeness (QED) is 0.717. The van der Waals surface area contributed by atoms with E-state index in [1.165, 1.54) is 4.57 Å². The van der Waals surface area contributed by atoms with Gasteiger partial charge in [0.15, 0.2) is 5.13 Å². The Labute approximate surface area is 137 Å². The predicted octanol–water partition coefficient (Wildman–Crippen LogP) is 1.72. The molecule has 3 aromatic rings. The summed E-state index contributed by atoms with van der Waals surface area (Å²) >= 11 is 1.68. The average molecular weight is 327 g/mol. The highest BCUT2D eigenvalue weighted by Crippen LogP contribution is 2.23. The van der Waals surface area contributed by atoms with Gasteiger partial charge in [-0.1, -0.05) is 0 Å². The number of rotatable bonds is 2. The number of aromatic nitrogens is 3. The Kier molecular flexibility index (Phi) is 3.49. The Hall–Kier alpha value is -2.41. The second-order valence-electron chi connectivity index (χ2n) is 5.65.